The molecule has 0 saturated heterocycles. The Kier molecular flexibility index (Phi) is 4.68. The number of benzene rings is 1. The van der Waals surface area contributed by atoms with Crippen LogP contribution < -0.4 is 4.74 Å². The molecule has 0 saturated carbocycles. The van der Waals surface area contributed by atoms with E-state index in [1.165, 1.54) is 0 Å². The maximum atomic E-state index is 5.86. The highest BCUT2D eigenvalue weighted by molar-refractivity contribution is 7.09. The highest BCUT2D eigenvalue weighted by Crippen LogP contribution is 2.23. The van der Waals surface area contributed by atoms with Crippen molar-refractivity contribution in [2.45, 2.75) is 18.7 Å². The number of ether oxygens (including phenoxy) is 1. The summed E-state index contributed by atoms with van der Waals surface area (Å²) in [5.74, 6) is 1.32. The summed E-state index contributed by atoms with van der Waals surface area (Å²) >= 11 is 7.41. The summed E-state index contributed by atoms with van der Waals surface area (Å²) in [5, 5.41) is 4.23. The van der Waals surface area contributed by atoms with Gasteiger partial charge in [0.1, 0.15) is 11.3 Å². The van der Waals surface area contributed by atoms with Crippen LogP contribution in [-0.2, 0) is 12.3 Å². The molecule has 21 heavy (non-hydrogen) atoms. The molecule has 0 N–H and O–H groups in total. The van der Waals surface area contributed by atoms with Crippen LogP contribution in [0.4, 0.5) is 0 Å². The zero-order valence-corrected chi connectivity index (χ0v) is 13.0. The summed E-state index contributed by atoms with van der Waals surface area (Å²) in [6, 6.07) is 9.97. The third kappa shape index (κ3) is 3.52. The van der Waals surface area contributed by atoms with E-state index in [9.17, 15) is 0 Å². The molecule has 108 valence electrons. The van der Waals surface area contributed by atoms with Crippen LogP contribution in [0.3, 0.4) is 0 Å². The number of pyridine rings is 1. The van der Waals surface area contributed by atoms with Gasteiger partial charge in [-0.1, -0.05) is 18.2 Å². The number of hydrogen-bond donors (Lipinski definition) is 0. The number of thiazole rings is 1. The second-order valence-corrected chi connectivity index (χ2v) is 5.86. The van der Waals surface area contributed by atoms with E-state index < -0.39 is 0 Å². The number of hydrogen-bond acceptors (Lipinski definition) is 4. The Morgan fingerprint density at radius 2 is 2.10 bits per heavy atom. The Morgan fingerprint density at radius 1 is 1.19 bits per heavy atom. The second-order valence-electron chi connectivity index (χ2n) is 4.65. The minimum Gasteiger partial charge on any atom is -0.491 e. The minimum absolute atomic E-state index is 0.481. The average Bonchev–Trinajstić information content (AvgIpc) is 3.00. The van der Waals surface area contributed by atoms with Crippen LogP contribution >= 0.6 is 22.9 Å². The first-order valence-electron chi connectivity index (χ1n) is 6.82. The lowest BCUT2D eigenvalue weighted by Gasteiger charge is -2.07. The molecule has 0 fully saturated rings. The third-order valence-electron chi connectivity index (χ3n) is 3.12. The molecule has 1 aromatic carbocycles. The summed E-state index contributed by atoms with van der Waals surface area (Å²) in [7, 11) is 0. The normalized spacial score (nSPS) is 10.9. The van der Waals surface area contributed by atoms with Crippen molar-refractivity contribution in [3.8, 4) is 5.75 Å². The Hall–Kier alpha value is -1.65. The van der Waals surface area contributed by atoms with Gasteiger partial charge in [0.25, 0.3) is 0 Å². The average molecular weight is 319 g/mol. The lowest BCUT2D eigenvalue weighted by molar-refractivity contribution is 0.314. The molecular weight excluding hydrogens is 304 g/mol. The van der Waals surface area contributed by atoms with Crippen LogP contribution in [0, 0.1) is 0 Å². The van der Waals surface area contributed by atoms with Gasteiger partial charge in [0.05, 0.1) is 23.2 Å². The van der Waals surface area contributed by atoms with E-state index in [2.05, 4.69) is 9.97 Å². The molecule has 3 aromatic rings. The lowest BCUT2D eigenvalue weighted by atomic mass is 10.2. The molecule has 0 amide bonds. The van der Waals surface area contributed by atoms with E-state index in [0.29, 0.717) is 12.5 Å². The second kappa shape index (κ2) is 6.87. The Labute approximate surface area is 132 Å². The standard InChI is InChI=1S/C16H15ClN2OS/c17-10-13-11-21-15(19-13)7-3-9-20-14-6-1-4-12-5-2-8-18-16(12)14/h1-2,4-6,8,11H,3,7,9-10H2. The van der Waals surface area contributed by atoms with Crippen molar-refractivity contribution in [2.24, 2.45) is 0 Å². The van der Waals surface area contributed by atoms with Gasteiger partial charge in [-0.25, -0.2) is 4.98 Å². The van der Waals surface area contributed by atoms with Gasteiger partial charge in [0, 0.05) is 23.4 Å². The van der Waals surface area contributed by atoms with Gasteiger partial charge in [0.15, 0.2) is 0 Å². The van der Waals surface area contributed by atoms with Crippen molar-refractivity contribution in [3.05, 3.63) is 52.6 Å². The Morgan fingerprint density at radius 3 is 2.95 bits per heavy atom. The topological polar surface area (TPSA) is 35.0 Å². The number of aromatic nitrogens is 2. The fraction of sp³-hybridized carbons (Fsp3) is 0.250. The van der Waals surface area contributed by atoms with Gasteiger partial charge in [0.2, 0.25) is 0 Å². The van der Waals surface area contributed by atoms with E-state index in [4.69, 9.17) is 16.3 Å². The monoisotopic (exact) mass is 318 g/mol. The van der Waals surface area contributed by atoms with Gasteiger partial charge >= 0.3 is 0 Å². The number of rotatable bonds is 6. The maximum absolute atomic E-state index is 5.86. The van der Waals surface area contributed by atoms with E-state index in [0.717, 1.165) is 40.2 Å². The van der Waals surface area contributed by atoms with Gasteiger partial charge in [-0.15, -0.1) is 22.9 Å². The van der Waals surface area contributed by atoms with Crippen LogP contribution in [0.2, 0.25) is 0 Å². The molecule has 0 bridgehead atoms. The number of aryl methyl sites for hydroxylation is 1. The van der Waals surface area contributed by atoms with Crippen molar-refractivity contribution in [1.82, 2.24) is 9.97 Å². The van der Waals surface area contributed by atoms with Gasteiger partial charge in [-0.3, -0.25) is 4.98 Å². The Bertz CT molecular complexity index is 724. The van der Waals surface area contributed by atoms with Gasteiger partial charge < -0.3 is 4.74 Å². The molecular formula is C16H15ClN2OS. The molecule has 3 nitrogen and oxygen atoms in total. The van der Waals surface area contributed by atoms with Crippen LogP contribution in [0.5, 0.6) is 5.75 Å². The first-order chi connectivity index (χ1) is 10.4. The zero-order valence-electron chi connectivity index (χ0n) is 11.5. The highest BCUT2D eigenvalue weighted by atomic mass is 35.5. The van der Waals surface area contributed by atoms with Crippen molar-refractivity contribution in [2.75, 3.05) is 6.61 Å². The van der Waals surface area contributed by atoms with E-state index >= 15 is 0 Å². The van der Waals surface area contributed by atoms with Crippen LogP contribution in [0.1, 0.15) is 17.1 Å². The predicted octanol–water partition coefficient (Wildman–Crippen LogP) is 4.44. The molecule has 0 spiro atoms. The van der Waals surface area contributed by atoms with Crippen LogP contribution in [0.15, 0.2) is 41.9 Å². The lowest BCUT2D eigenvalue weighted by Crippen LogP contribution is -2.00. The molecule has 5 heteroatoms. The number of para-hydroxylation sites is 1. The maximum Gasteiger partial charge on any atom is 0.145 e. The SMILES string of the molecule is ClCc1csc(CCCOc2cccc3cccnc23)n1. The summed E-state index contributed by atoms with van der Waals surface area (Å²) in [6.07, 6.45) is 3.64. The summed E-state index contributed by atoms with van der Waals surface area (Å²) in [5.41, 5.74) is 1.87. The molecule has 0 atom stereocenters. The minimum atomic E-state index is 0.481. The zero-order chi connectivity index (χ0) is 14.5. The smallest absolute Gasteiger partial charge is 0.145 e. The number of alkyl halides is 1. The largest absolute Gasteiger partial charge is 0.491 e. The van der Waals surface area contributed by atoms with Crippen LogP contribution in [0.25, 0.3) is 10.9 Å². The molecule has 0 aliphatic rings. The molecule has 0 unspecified atom stereocenters. The fourth-order valence-electron chi connectivity index (χ4n) is 2.12. The van der Waals surface area contributed by atoms with E-state index in [-0.39, 0.29) is 0 Å². The van der Waals surface area contributed by atoms with Crippen molar-refractivity contribution >= 4 is 33.8 Å². The summed E-state index contributed by atoms with van der Waals surface area (Å²) in [4.78, 5) is 8.82. The molecule has 0 aliphatic heterocycles. The summed E-state index contributed by atoms with van der Waals surface area (Å²) < 4.78 is 5.86. The highest BCUT2D eigenvalue weighted by Gasteiger charge is 2.04. The number of nitrogens with zero attached hydrogens (tertiary/aromatic N) is 2. The number of fused-ring (bicyclic) bond motifs is 1. The van der Waals surface area contributed by atoms with Crippen molar-refractivity contribution in [1.29, 1.82) is 0 Å². The first kappa shape index (κ1) is 14.3. The molecule has 3 rings (SSSR count). The quantitative estimate of drug-likeness (QED) is 0.498. The van der Waals surface area contributed by atoms with Crippen LogP contribution in [-0.4, -0.2) is 16.6 Å². The van der Waals surface area contributed by atoms with Crippen molar-refractivity contribution < 1.29 is 4.74 Å². The summed E-state index contributed by atoms with van der Waals surface area (Å²) in [6.45, 7) is 0.658. The number of halogens is 1. The molecule has 0 aliphatic carbocycles. The molecule has 2 heterocycles. The van der Waals surface area contributed by atoms with Gasteiger partial charge in [-0.05, 0) is 18.6 Å². The molecule has 0 radical (unpaired) electrons. The molecule has 2 aromatic heterocycles. The fourth-order valence-corrected chi connectivity index (χ4v) is 3.19. The first-order valence-corrected chi connectivity index (χ1v) is 8.24. The van der Waals surface area contributed by atoms with Crippen molar-refractivity contribution in [3.63, 3.8) is 0 Å². The third-order valence-corrected chi connectivity index (χ3v) is 4.36. The predicted molar refractivity (Wildman–Crippen MR) is 87.2 cm³/mol. The van der Waals surface area contributed by atoms with Gasteiger partial charge in [-0.2, -0.15) is 0 Å². The van der Waals surface area contributed by atoms with E-state index in [1.807, 2.05) is 35.7 Å². The van der Waals surface area contributed by atoms with E-state index in [1.54, 1.807) is 17.5 Å². The Balaban J connectivity index is 1.57.